The van der Waals surface area contributed by atoms with Gasteiger partial charge in [0.25, 0.3) is 0 Å². The largest absolute Gasteiger partial charge is 0.389 e. The van der Waals surface area contributed by atoms with E-state index < -0.39 is 6.10 Å². The standard InChI is InChI=1S/C17H18O2/c1-12(18)16-7-3-5-14(10-16)9-15-6-4-8-17(11-15)13(2)19/h3-8,10-12,18H,9H2,1-2H3. The topological polar surface area (TPSA) is 37.3 Å². The van der Waals surface area contributed by atoms with Crippen molar-refractivity contribution in [3.63, 3.8) is 0 Å². The summed E-state index contributed by atoms with van der Waals surface area (Å²) in [5.41, 5.74) is 3.90. The Morgan fingerprint density at radius 2 is 1.74 bits per heavy atom. The fourth-order valence-electron chi connectivity index (χ4n) is 2.10. The molecule has 0 aliphatic rings. The summed E-state index contributed by atoms with van der Waals surface area (Å²) in [4.78, 5) is 11.4. The number of aliphatic hydroxyl groups excluding tert-OH is 1. The average Bonchev–Trinajstić information content (AvgIpc) is 2.39. The Hall–Kier alpha value is -1.93. The quantitative estimate of drug-likeness (QED) is 0.847. The smallest absolute Gasteiger partial charge is 0.159 e. The Labute approximate surface area is 113 Å². The van der Waals surface area contributed by atoms with E-state index in [1.807, 2.05) is 48.5 Å². The van der Waals surface area contributed by atoms with Gasteiger partial charge in [0.05, 0.1) is 6.10 Å². The summed E-state index contributed by atoms with van der Waals surface area (Å²) in [5.74, 6) is 0.0829. The van der Waals surface area contributed by atoms with Crippen molar-refractivity contribution in [2.75, 3.05) is 0 Å². The van der Waals surface area contributed by atoms with Crippen LogP contribution in [-0.2, 0) is 6.42 Å². The zero-order valence-electron chi connectivity index (χ0n) is 11.3. The van der Waals surface area contributed by atoms with Crippen LogP contribution in [0.5, 0.6) is 0 Å². The highest BCUT2D eigenvalue weighted by Crippen LogP contribution is 2.17. The molecule has 2 aromatic carbocycles. The second-order valence-corrected chi connectivity index (χ2v) is 4.85. The van der Waals surface area contributed by atoms with Gasteiger partial charge in [-0.25, -0.2) is 0 Å². The van der Waals surface area contributed by atoms with Crippen LogP contribution in [0.25, 0.3) is 0 Å². The molecule has 0 aliphatic carbocycles. The molecular weight excluding hydrogens is 236 g/mol. The highest BCUT2D eigenvalue weighted by molar-refractivity contribution is 5.94. The van der Waals surface area contributed by atoms with E-state index >= 15 is 0 Å². The lowest BCUT2D eigenvalue weighted by molar-refractivity contribution is 0.101. The number of Topliss-reactive ketones (excluding diaryl/α,β-unsaturated/α-hetero) is 1. The number of rotatable bonds is 4. The molecule has 0 heterocycles. The predicted molar refractivity (Wildman–Crippen MR) is 76.3 cm³/mol. The van der Waals surface area contributed by atoms with Crippen LogP contribution in [0.1, 0.15) is 47.0 Å². The molecule has 2 nitrogen and oxygen atoms in total. The fourth-order valence-corrected chi connectivity index (χ4v) is 2.10. The lowest BCUT2D eigenvalue weighted by Gasteiger charge is -2.08. The third-order valence-corrected chi connectivity index (χ3v) is 3.18. The van der Waals surface area contributed by atoms with Crippen molar-refractivity contribution in [3.8, 4) is 0 Å². The Morgan fingerprint density at radius 1 is 1.11 bits per heavy atom. The van der Waals surface area contributed by atoms with Gasteiger partial charge in [0.2, 0.25) is 0 Å². The van der Waals surface area contributed by atoms with Crippen LogP contribution < -0.4 is 0 Å². The van der Waals surface area contributed by atoms with Gasteiger partial charge in [0.15, 0.2) is 5.78 Å². The Kier molecular flexibility index (Phi) is 4.13. The fraction of sp³-hybridized carbons (Fsp3) is 0.235. The molecule has 98 valence electrons. The SMILES string of the molecule is CC(=O)c1cccc(Cc2cccc(C(C)O)c2)c1. The van der Waals surface area contributed by atoms with Gasteiger partial charge >= 0.3 is 0 Å². The van der Waals surface area contributed by atoms with Gasteiger partial charge < -0.3 is 5.11 Å². The summed E-state index contributed by atoms with van der Waals surface area (Å²) < 4.78 is 0. The van der Waals surface area contributed by atoms with Crippen LogP contribution in [0.4, 0.5) is 0 Å². The van der Waals surface area contributed by atoms with Crippen LogP contribution >= 0.6 is 0 Å². The summed E-state index contributed by atoms with van der Waals surface area (Å²) in [5, 5.41) is 9.59. The molecule has 1 atom stereocenters. The van der Waals surface area contributed by atoms with Crippen molar-refractivity contribution < 1.29 is 9.90 Å². The Balaban J connectivity index is 2.23. The minimum absolute atomic E-state index is 0.0829. The van der Waals surface area contributed by atoms with Gasteiger partial charge in [-0.3, -0.25) is 4.79 Å². The van der Waals surface area contributed by atoms with Crippen molar-refractivity contribution in [3.05, 3.63) is 70.8 Å². The van der Waals surface area contributed by atoms with Gasteiger partial charge in [-0.05, 0) is 43.0 Å². The average molecular weight is 254 g/mol. The molecule has 0 saturated heterocycles. The molecule has 0 saturated carbocycles. The van der Waals surface area contributed by atoms with Crippen LogP contribution in [0.15, 0.2) is 48.5 Å². The number of hydrogen-bond acceptors (Lipinski definition) is 2. The van der Waals surface area contributed by atoms with E-state index in [0.29, 0.717) is 0 Å². The third kappa shape index (κ3) is 3.52. The van der Waals surface area contributed by atoms with Gasteiger partial charge in [-0.15, -0.1) is 0 Å². The van der Waals surface area contributed by atoms with Crippen LogP contribution in [0.2, 0.25) is 0 Å². The second-order valence-electron chi connectivity index (χ2n) is 4.85. The lowest BCUT2D eigenvalue weighted by Crippen LogP contribution is -1.96. The molecule has 2 aromatic rings. The minimum Gasteiger partial charge on any atom is -0.389 e. The van der Waals surface area contributed by atoms with E-state index in [1.165, 1.54) is 0 Å². The minimum atomic E-state index is -0.455. The maximum absolute atomic E-state index is 11.4. The summed E-state index contributed by atoms with van der Waals surface area (Å²) in [6, 6.07) is 15.6. The monoisotopic (exact) mass is 254 g/mol. The number of carbonyl (C=O) groups is 1. The van der Waals surface area contributed by atoms with E-state index in [2.05, 4.69) is 0 Å². The van der Waals surface area contributed by atoms with E-state index in [9.17, 15) is 9.90 Å². The second kappa shape index (κ2) is 5.81. The number of benzene rings is 2. The maximum Gasteiger partial charge on any atom is 0.159 e. The third-order valence-electron chi connectivity index (χ3n) is 3.18. The highest BCUT2D eigenvalue weighted by atomic mass is 16.3. The molecule has 0 radical (unpaired) electrons. The molecule has 0 fully saturated rings. The van der Waals surface area contributed by atoms with Gasteiger partial charge in [0, 0.05) is 5.56 Å². The molecule has 0 aromatic heterocycles. The number of hydrogen-bond donors (Lipinski definition) is 1. The zero-order chi connectivity index (χ0) is 13.8. The van der Waals surface area contributed by atoms with Crippen LogP contribution in [-0.4, -0.2) is 10.9 Å². The zero-order valence-corrected chi connectivity index (χ0v) is 11.3. The van der Waals surface area contributed by atoms with Gasteiger partial charge in [-0.2, -0.15) is 0 Å². The first-order chi connectivity index (χ1) is 9.06. The molecule has 0 bridgehead atoms. The number of aliphatic hydroxyl groups is 1. The maximum atomic E-state index is 11.4. The number of ketones is 1. The first-order valence-electron chi connectivity index (χ1n) is 6.43. The Morgan fingerprint density at radius 3 is 2.37 bits per heavy atom. The van der Waals surface area contributed by atoms with Crippen molar-refractivity contribution in [1.29, 1.82) is 0 Å². The molecule has 0 aliphatic heterocycles. The summed E-state index contributed by atoms with van der Waals surface area (Å²) in [7, 11) is 0. The van der Waals surface area contributed by atoms with Crippen molar-refractivity contribution in [2.24, 2.45) is 0 Å². The molecule has 2 heteroatoms. The van der Waals surface area contributed by atoms with E-state index in [1.54, 1.807) is 13.8 Å². The molecule has 0 amide bonds. The molecule has 1 unspecified atom stereocenters. The molecule has 1 N–H and O–H groups in total. The predicted octanol–water partition coefficient (Wildman–Crippen LogP) is 3.53. The molecular formula is C17H18O2. The Bertz CT molecular complexity index is 585. The first kappa shape index (κ1) is 13.5. The van der Waals surface area contributed by atoms with E-state index in [0.717, 1.165) is 28.7 Å². The summed E-state index contributed by atoms with van der Waals surface area (Å²) in [6.45, 7) is 3.34. The van der Waals surface area contributed by atoms with Crippen molar-refractivity contribution in [1.82, 2.24) is 0 Å². The van der Waals surface area contributed by atoms with Crippen LogP contribution in [0.3, 0.4) is 0 Å². The van der Waals surface area contributed by atoms with Gasteiger partial charge in [-0.1, -0.05) is 42.5 Å². The highest BCUT2D eigenvalue weighted by Gasteiger charge is 2.04. The lowest BCUT2D eigenvalue weighted by atomic mass is 9.99. The summed E-state index contributed by atoms with van der Waals surface area (Å²) in [6.07, 6.45) is 0.310. The number of carbonyl (C=O) groups excluding carboxylic acids is 1. The van der Waals surface area contributed by atoms with E-state index in [4.69, 9.17) is 0 Å². The summed E-state index contributed by atoms with van der Waals surface area (Å²) >= 11 is 0. The van der Waals surface area contributed by atoms with E-state index in [-0.39, 0.29) is 5.78 Å². The molecule has 19 heavy (non-hydrogen) atoms. The van der Waals surface area contributed by atoms with Crippen molar-refractivity contribution >= 4 is 5.78 Å². The van der Waals surface area contributed by atoms with Crippen LogP contribution in [0, 0.1) is 0 Å². The normalized spacial score (nSPS) is 12.2. The molecule has 2 rings (SSSR count). The van der Waals surface area contributed by atoms with Crippen molar-refractivity contribution in [2.45, 2.75) is 26.4 Å². The molecule has 0 spiro atoms. The van der Waals surface area contributed by atoms with Gasteiger partial charge in [0.1, 0.15) is 0 Å². The first-order valence-corrected chi connectivity index (χ1v) is 6.43.